The molecule has 0 atom stereocenters. The summed E-state index contributed by atoms with van der Waals surface area (Å²) < 4.78 is 0. The SMILES string of the molecule is Cc1ccc2c(=O)[nH]nc(C)c2c1. The van der Waals surface area contributed by atoms with Crippen molar-refractivity contribution in [2.75, 3.05) is 0 Å². The molecule has 1 aromatic carbocycles. The summed E-state index contributed by atoms with van der Waals surface area (Å²) in [4.78, 5) is 11.3. The van der Waals surface area contributed by atoms with Gasteiger partial charge in [0.1, 0.15) is 0 Å². The second-order valence-electron chi connectivity index (χ2n) is 3.19. The average Bonchev–Trinajstić information content (AvgIpc) is 2.12. The van der Waals surface area contributed by atoms with Crippen LogP contribution in [0, 0.1) is 13.8 Å². The third-order valence-corrected chi connectivity index (χ3v) is 2.13. The lowest BCUT2D eigenvalue weighted by Crippen LogP contribution is -2.09. The Balaban J connectivity index is 3.01. The van der Waals surface area contributed by atoms with Crippen LogP contribution in [0.15, 0.2) is 23.0 Å². The van der Waals surface area contributed by atoms with Gasteiger partial charge in [0.2, 0.25) is 0 Å². The van der Waals surface area contributed by atoms with Gasteiger partial charge < -0.3 is 0 Å². The molecule has 0 amide bonds. The molecule has 2 rings (SSSR count). The Labute approximate surface area is 75.4 Å². The number of H-pyrrole nitrogens is 1. The molecule has 0 bridgehead atoms. The van der Waals surface area contributed by atoms with Gasteiger partial charge in [0.05, 0.1) is 11.1 Å². The molecule has 0 aliphatic heterocycles. The molecule has 0 aliphatic rings. The number of rotatable bonds is 0. The lowest BCUT2D eigenvalue weighted by molar-refractivity contribution is 0.970. The molecule has 0 unspecified atom stereocenters. The number of aromatic amines is 1. The van der Waals surface area contributed by atoms with Gasteiger partial charge in [0, 0.05) is 5.39 Å². The number of hydrogen-bond acceptors (Lipinski definition) is 2. The van der Waals surface area contributed by atoms with Crippen LogP contribution >= 0.6 is 0 Å². The van der Waals surface area contributed by atoms with E-state index < -0.39 is 0 Å². The number of fused-ring (bicyclic) bond motifs is 1. The van der Waals surface area contributed by atoms with Gasteiger partial charge in [0.15, 0.2) is 0 Å². The monoisotopic (exact) mass is 174 g/mol. The normalized spacial score (nSPS) is 10.6. The minimum absolute atomic E-state index is 0.124. The molecule has 3 nitrogen and oxygen atoms in total. The molecule has 3 heteroatoms. The van der Waals surface area contributed by atoms with E-state index in [1.807, 2.05) is 32.0 Å². The molecular formula is C10H10N2O. The highest BCUT2D eigenvalue weighted by molar-refractivity contribution is 5.83. The van der Waals surface area contributed by atoms with Crippen molar-refractivity contribution in [1.29, 1.82) is 0 Å². The maximum absolute atomic E-state index is 11.3. The van der Waals surface area contributed by atoms with E-state index in [9.17, 15) is 4.79 Å². The van der Waals surface area contributed by atoms with E-state index in [0.29, 0.717) is 5.39 Å². The van der Waals surface area contributed by atoms with Gasteiger partial charge in [-0.1, -0.05) is 11.6 Å². The van der Waals surface area contributed by atoms with Crippen molar-refractivity contribution >= 4 is 10.8 Å². The molecule has 0 aliphatic carbocycles. The van der Waals surface area contributed by atoms with E-state index >= 15 is 0 Å². The molecule has 0 radical (unpaired) electrons. The Bertz CT molecular complexity index is 514. The number of aryl methyl sites for hydroxylation is 2. The van der Waals surface area contributed by atoms with Crippen LogP contribution in [0.5, 0.6) is 0 Å². The van der Waals surface area contributed by atoms with Crippen molar-refractivity contribution in [3.8, 4) is 0 Å². The largest absolute Gasteiger partial charge is 0.272 e. The predicted molar refractivity (Wildman–Crippen MR) is 51.8 cm³/mol. The minimum atomic E-state index is -0.124. The summed E-state index contributed by atoms with van der Waals surface area (Å²) in [7, 11) is 0. The zero-order chi connectivity index (χ0) is 9.42. The first-order chi connectivity index (χ1) is 6.18. The summed E-state index contributed by atoms with van der Waals surface area (Å²) in [6.07, 6.45) is 0. The summed E-state index contributed by atoms with van der Waals surface area (Å²) in [5, 5.41) is 8.01. The Kier molecular flexibility index (Phi) is 1.65. The highest BCUT2D eigenvalue weighted by atomic mass is 16.1. The summed E-state index contributed by atoms with van der Waals surface area (Å²) in [5.74, 6) is 0. The Morgan fingerprint density at radius 3 is 2.77 bits per heavy atom. The van der Waals surface area contributed by atoms with Crippen LogP contribution in [0.3, 0.4) is 0 Å². The molecule has 13 heavy (non-hydrogen) atoms. The van der Waals surface area contributed by atoms with E-state index in [1.165, 1.54) is 0 Å². The summed E-state index contributed by atoms with van der Waals surface area (Å²) in [6.45, 7) is 3.89. The zero-order valence-corrected chi connectivity index (χ0v) is 7.59. The molecule has 1 aromatic heterocycles. The molecule has 0 saturated heterocycles. The molecule has 1 N–H and O–H groups in total. The minimum Gasteiger partial charge on any atom is -0.267 e. The van der Waals surface area contributed by atoms with Gasteiger partial charge in [-0.3, -0.25) is 4.79 Å². The van der Waals surface area contributed by atoms with Crippen LogP contribution in [-0.4, -0.2) is 10.2 Å². The molecule has 66 valence electrons. The van der Waals surface area contributed by atoms with E-state index in [4.69, 9.17) is 0 Å². The predicted octanol–water partition coefficient (Wildman–Crippen LogP) is 1.54. The quantitative estimate of drug-likeness (QED) is 0.658. The molecule has 0 spiro atoms. The summed E-state index contributed by atoms with van der Waals surface area (Å²) in [5.41, 5.74) is 1.88. The van der Waals surface area contributed by atoms with Crippen LogP contribution in [0.1, 0.15) is 11.3 Å². The van der Waals surface area contributed by atoms with Crippen molar-refractivity contribution < 1.29 is 0 Å². The maximum Gasteiger partial charge on any atom is 0.272 e. The Morgan fingerprint density at radius 2 is 2.00 bits per heavy atom. The Morgan fingerprint density at radius 1 is 1.23 bits per heavy atom. The van der Waals surface area contributed by atoms with E-state index in [2.05, 4.69) is 10.2 Å². The summed E-state index contributed by atoms with van der Waals surface area (Å²) >= 11 is 0. The summed E-state index contributed by atoms with van der Waals surface area (Å²) in [6, 6.07) is 5.74. The van der Waals surface area contributed by atoms with Crippen molar-refractivity contribution in [2.24, 2.45) is 0 Å². The second-order valence-corrected chi connectivity index (χ2v) is 3.19. The molecular weight excluding hydrogens is 164 g/mol. The molecule has 1 heterocycles. The fourth-order valence-electron chi connectivity index (χ4n) is 1.41. The van der Waals surface area contributed by atoms with Crippen LogP contribution < -0.4 is 5.56 Å². The lowest BCUT2D eigenvalue weighted by atomic mass is 10.1. The molecule has 2 aromatic rings. The number of nitrogens with one attached hydrogen (secondary N) is 1. The Hall–Kier alpha value is -1.64. The van der Waals surface area contributed by atoms with Gasteiger partial charge in [0.25, 0.3) is 5.56 Å². The smallest absolute Gasteiger partial charge is 0.267 e. The maximum atomic E-state index is 11.3. The van der Waals surface area contributed by atoms with E-state index in [-0.39, 0.29) is 5.56 Å². The van der Waals surface area contributed by atoms with Crippen molar-refractivity contribution in [3.63, 3.8) is 0 Å². The second kappa shape index (κ2) is 2.69. The average molecular weight is 174 g/mol. The fraction of sp³-hybridized carbons (Fsp3) is 0.200. The molecule has 0 fully saturated rings. The lowest BCUT2D eigenvalue weighted by Gasteiger charge is -2.00. The first-order valence-electron chi connectivity index (χ1n) is 4.14. The zero-order valence-electron chi connectivity index (χ0n) is 7.59. The number of nitrogens with zero attached hydrogens (tertiary/aromatic N) is 1. The van der Waals surface area contributed by atoms with Crippen LogP contribution in [0.4, 0.5) is 0 Å². The topological polar surface area (TPSA) is 45.8 Å². The van der Waals surface area contributed by atoms with E-state index in [0.717, 1.165) is 16.6 Å². The van der Waals surface area contributed by atoms with Crippen molar-refractivity contribution in [3.05, 3.63) is 39.8 Å². The van der Waals surface area contributed by atoms with Crippen LogP contribution in [0.25, 0.3) is 10.8 Å². The first kappa shape index (κ1) is 7.98. The number of hydrogen-bond donors (Lipinski definition) is 1. The number of aromatic nitrogens is 2. The van der Waals surface area contributed by atoms with Gasteiger partial charge in [-0.25, -0.2) is 5.10 Å². The van der Waals surface area contributed by atoms with Gasteiger partial charge in [-0.15, -0.1) is 0 Å². The highest BCUT2D eigenvalue weighted by Crippen LogP contribution is 2.13. The van der Waals surface area contributed by atoms with Gasteiger partial charge >= 0.3 is 0 Å². The van der Waals surface area contributed by atoms with Crippen LogP contribution in [-0.2, 0) is 0 Å². The first-order valence-corrected chi connectivity index (χ1v) is 4.14. The third-order valence-electron chi connectivity index (χ3n) is 2.13. The fourth-order valence-corrected chi connectivity index (χ4v) is 1.41. The number of benzene rings is 1. The van der Waals surface area contributed by atoms with Crippen LogP contribution in [0.2, 0.25) is 0 Å². The van der Waals surface area contributed by atoms with Crippen molar-refractivity contribution in [2.45, 2.75) is 13.8 Å². The standard InChI is InChI=1S/C10H10N2O/c1-6-3-4-8-9(5-6)7(2)11-12-10(8)13/h3-5H,1-2H3,(H,12,13). The van der Waals surface area contributed by atoms with Gasteiger partial charge in [-0.2, -0.15) is 5.10 Å². The highest BCUT2D eigenvalue weighted by Gasteiger charge is 2.01. The third kappa shape index (κ3) is 1.22. The van der Waals surface area contributed by atoms with Gasteiger partial charge in [-0.05, 0) is 26.0 Å². The molecule has 0 saturated carbocycles. The van der Waals surface area contributed by atoms with Crippen molar-refractivity contribution in [1.82, 2.24) is 10.2 Å². The van der Waals surface area contributed by atoms with E-state index in [1.54, 1.807) is 0 Å².